The van der Waals surface area contributed by atoms with Crippen LogP contribution in [0, 0.1) is 10.1 Å². The lowest BCUT2D eigenvalue weighted by molar-refractivity contribution is -0.385. The number of rotatable bonds is 4. The molecule has 2 aromatic carbocycles. The first-order chi connectivity index (χ1) is 9.54. The Kier molecular flexibility index (Phi) is 4.60. The Morgan fingerprint density at radius 2 is 1.85 bits per heavy atom. The number of aliphatic hydroxyl groups excluding tert-OH is 1. The van der Waals surface area contributed by atoms with Crippen molar-refractivity contribution in [1.29, 1.82) is 0 Å². The maximum atomic E-state index is 11.1. The number of hydrogen-bond acceptors (Lipinski definition) is 3. The van der Waals surface area contributed by atoms with Gasteiger partial charge >= 0.3 is 0 Å². The zero-order chi connectivity index (χ0) is 14.7. The Morgan fingerprint density at radius 3 is 2.45 bits per heavy atom. The van der Waals surface area contributed by atoms with Crippen LogP contribution in [0.1, 0.15) is 17.0 Å². The number of nitro benzene ring substituents is 1. The highest BCUT2D eigenvalue weighted by Crippen LogP contribution is 2.36. The first kappa shape index (κ1) is 14.8. The molecule has 0 aliphatic heterocycles. The quantitative estimate of drug-likeness (QED) is 0.685. The molecule has 1 atom stereocenters. The van der Waals surface area contributed by atoms with Gasteiger partial charge in [-0.25, -0.2) is 0 Å². The SMILES string of the molecule is O=[N+]([O-])c1ccc(Cl)cc1C(CO)c1ccccc1Cl. The van der Waals surface area contributed by atoms with Crippen LogP contribution >= 0.6 is 23.2 Å². The Morgan fingerprint density at radius 1 is 1.15 bits per heavy atom. The number of nitrogens with zero attached hydrogens (tertiary/aromatic N) is 1. The Bertz CT molecular complexity index is 646. The molecule has 6 heteroatoms. The molecule has 0 fully saturated rings. The van der Waals surface area contributed by atoms with Crippen LogP contribution in [0.2, 0.25) is 10.0 Å². The topological polar surface area (TPSA) is 63.4 Å². The number of halogens is 2. The van der Waals surface area contributed by atoms with Crippen LogP contribution in [0.25, 0.3) is 0 Å². The standard InChI is InChI=1S/C14H11Cl2NO3/c15-9-5-6-14(17(19)20)11(7-9)12(8-18)10-3-1-2-4-13(10)16/h1-7,12,18H,8H2. The molecular formula is C14H11Cl2NO3. The monoisotopic (exact) mass is 311 g/mol. The predicted molar refractivity (Wildman–Crippen MR) is 78.5 cm³/mol. The summed E-state index contributed by atoms with van der Waals surface area (Å²) in [5.74, 6) is -0.595. The van der Waals surface area contributed by atoms with Crippen molar-refractivity contribution in [2.75, 3.05) is 6.61 Å². The van der Waals surface area contributed by atoms with Gasteiger partial charge in [0.25, 0.3) is 5.69 Å². The van der Waals surface area contributed by atoms with E-state index >= 15 is 0 Å². The van der Waals surface area contributed by atoms with Gasteiger partial charge in [0.15, 0.2) is 0 Å². The summed E-state index contributed by atoms with van der Waals surface area (Å²) in [5, 5.41) is 21.6. The fraction of sp³-hybridized carbons (Fsp3) is 0.143. The second-order valence-electron chi connectivity index (χ2n) is 4.22. The van der Waals surface area contributed by atoms with Crippen molar-refractivity contribution in [3.05, 3.63) is 73.8 Å². The summed E-state index contributed by atoms with van der Waals surface area (Å²) >= 11 is 12.0. The fourth-order valence-electron chi connectivity index (χ4n) is 2.09. The minimum atomic E-state index is -0.595. The molecule has 104 valence electrons. The van der Waals surface area contributed by atoms with Gasteiger partial charge in [-0.3, -0.25) is 10.1 Å². The van der Waals surface area contributed by atoms with Gasteiger partial charge in [-0.2, -0.15) is 0 Å². The van der Waals surface area contributed by atoms with Gasteiger partial charge < -0.3 is 5.11 Å². The Labute approximate surface area is 125 Å². The third kappa shape index (κ3) is 2.93. The van der Waals surface area contributed by atoms with Gasteiger partial charge in [0.2, 0.25) is 0 Å². The maximum Gasteiger partial charge on any atom is 0.273 e. The van der Waals surface area contributed by atoms with E-state index < -0.39 is 10.8 Å². The van der Waals surface area contributed by atoms with Crippen LogP contribution < -0.4 is 0 Å². The molecule has 0 aromatic heterocycles. The molecule has 1 N–H and O–H groups in total. The lowest BCUT2D eigenvalue weighted by atomic mass is 9.91. The van der Waals surface area contributed by atoms with Crippen molar-refractivity contribution in [1.82, 2.24) is 0 Å². The van der Waals surface area contributed by atoms with Crippen LogP contribution in [0.3, 0.4) is 0 Å². The Balaban J connectivity index is 2.60. The molecule has 0 aliphatic carbocycles. The van der Waals surface area contributed by atoms with E-state index in [1.807, 2.05) is 0 Å². The van der Waals surface area contributed by atoms with Crippen LogP contribution in [0.15, 0.2) is 42.5 Å². The summed E-state index contributed by atoms with van der Waals surface area (Å²) in [6.07, 6.45) is 0. The highest BCUT2D eigenvalue weighted by molar-refractivity contribution is 6.31. The van der Waals surface area contributed by atoms with Crippen LogP contribution in [0.5, 0.6) is 0 Å². The van der Waals surface area contributed by atoms with E-state index in [0.717, 1.165) is 0 Å². The lowest BCUT2D eigenvalue weighted by Crippen LogP contribution is -2.09. The number of aliphatic hydroxyl groups is 1. The van der Waals surface area contributed by atoms with E-state index in [4.69, 9.17) is 23.2 Å². The second kappa shape index (κ2) is 6.22. The van der Waals surface area contributed by atoms with E-state index in [2.05, 4.69) is 0 Å². The molecule has 0 aliphatic rings. The molecule has 0 bridgehead atoms. The van der Waals surface area contributed by atoms with Crippen molar-refractivity contribution < 1.29 is 10.0 Å². The fourth-order valence-corrected chi connectivity index (χ4v) is 2.54. The summed E-state index contributed by atoms with van der Waals surface area (Å²) in [6, 6.07) is 11.2. The lowest BCUT2D eigenvalue weighted by Gasteiger charge is -2.17. The highest BCUT2D eigenvalue weighted by Gasteiger charge is 2.24. The van der Waals surface area contributed by atoms with Gasteiger partial charge in [-0.1, -0.05) is 41.4 Å². The van der Waals surface area contributed by atoms with Gasteiger partial charge in [-0.05, 0) is 23.8 Å². The van der Waals surface area contributed by atoms with Crippen LogP contribution in [-0.2, 0) is 0 Å². The van der Waals surface area contributed by atoms with Crippen molar-refractivity contribution in [3.63, 3.8) is 0 Å². The summed E-state index contributed by atoms with van der Waals surface area (Å²) in [6.45, 7) is -0.301. The van der Waals surface area contributed by atoms with Crippen molar-refractivity contribution in [3.8, 4) is 0 Å². The van der Waals surface area contributed by atoms with Gasteiger partial charge in [0, 0.05) is 27.6 Å². The molecule has 0 heterocycles. The van der Waals surface area contributed by atoms with E-state index in [9.17, 15) is 15.2 Å². The maximum absolute atomic E-state index is 11.1. The molecule has 2 rings (SSSR count). The first-order valence-electron chi connectivity index (χ1n) is 5.83. The minimum absolute atomic E-state index is 0.0895. The average molecular weight is 312 g/mol. The van der Waals surface area contributed by atoms with Crippen LogP contribution in [0.4, 0.5) is 5.69 Å². The second-order valence-corrected chi connectivity index (χ2v) is 5.06. The van der Waals surface area contributed by atoms with Crippen molar-refractivity contribution in [2.45, 2.75) is 5.92 Å². The Hall–Kier alpha value is -1.62. The summed E-state index contributed by atoms with van der Waals surface area (Å²) in [7, 11) is 0. The molecule has 0 saturated carbocycles. The summed E-state index contributed by atoms with van der Waals surface area (Å²) in [5.41, 5.74) is 0.883. The molecule has 0 spiro atoms. The zero-order valence-corrected chi connectivity index (χ0v) is 11.8. The van der Waals surface area contributed by atoms with Crippen molar-refractivity contribution >= 4 is 28.9 Å². The largest absolute Gasteiger partial charge is 0.395 e. The summed E-state index contributed by atoms with van der Waals surface area (Å²) in [4.78, 5) is 10.6. The smallest absolute Gasteiger partial charge is 0.273 e. The third-order valence-corrected chi connectivity index (χ3v) is 3.60. The summed E-state index contributed by atoms with van der Waals surface area (Å²) < 4.78 is 0. The normalized spacial score (nSPS) is 12.2. The third-order valence-electron chi connectivity index (χ3n) is 3.02. The average Bonchev–Trinajstić information content (AvgIpc) is 2.41. The molecule has 0 amide bonds. The number of benzene rings is 2. The molecule has 20 heavy (non-hydrogen) atoms. The van der Waals surface area contributed by atoms with Crippen molar-refractivity contribution in [2.24, 2.45) is 0 Å². The molecule has 4 nitrogen and oxygen atoms in total. The zero-order valence-electron chi connectivity index (χ0n) is 10.3. The molecule has 2 aromatic rings. The molecule has 0 radical (unpaired) electrons. The van der Waals surface area contributed by atoms with E-state index in [0.29, 0.717) is 21.2 Å². The van der Waals surface area contributed by atoms with E-state index in [1.165, 1.54) is 18.2 Å². The van der Waals surface area contributed by atoms with Gasteiger partial charge in [0.1, 0.15) is 0 Å². The predicted octanol–water partition coefficient (Wildman–Crippen LogP) is 4.03. The minimum Gasteiger partial charge on any atom is -0.395 e. The first-order valence-corrected chi connectivity index (χ1v) is 6.59. The molecule has 1 unspecified atom stereocenters. The van der Waals surface area contributed by atoms with Gasteiger partial charge in [-0.15, -0.1) is 0 Å². The van der Waals surface area contributed by atoms with Crippen LogP contribution in [-0.4, -0.2) is 16.6 Å². The number of nitro groups is 1. The van der Waals surface area contributed by atoms with E-state index in [1.54, 1.807) is 24.3 Å². The van der Waals surface area contributed by atoms with Gasteiger partial charge in [0.05, 0.1) is 11.5 Å². The molecule has 0 saturated heterocycles. The van der Waals surface area contributed by atoms with E-state index in [-0.39, 0.29) is 12.3 Å². The number of hydrogen-bond donors (Lipinski definition) is 1. The highest BCUT2D eigenvalue weighted by atomic mass is 35.5. The molecular weight excluding hydrogens is 301 g/mol.